The highest BCUT2D eigenvalue weighted by atomic mass is 32.2. The van der Waals surface area contributed by atoms with Crippen LogP contribution in [0.4, 0.5) is 0 Å². The van der Waals surface area contributed by atoms with Gasteiger partial charge in [-0.25, -0.2) is 5.10 Å². The van der Waals surface area contributed by atoms with E-state index in [2.05, 4.69) is 16.3 Å². The van der Waals surface area contributed by atoms with Crippen LogP contribution in [0.15, 0.2) is 40.0 Å². The van der Waals surface area contributed by atoms with Crippen molar-refractivity contribution in [1.29, 1.82) is 0 Å². The molecule has 0 aliphatic heterocycles. The van der Waals surface area contributed by atoms with Crippen LogP contribution in [0.3, 0.4) is 0 Å². The summed E-state index contributed by atoms with van der Waals surface area (Å²) in [4.78, 5) is 12.0. The summed E-state index contributed by atoms with van der Waals surface area (Å²) in [5, 5.41) is 6.31. The van der Waals surface area contributed by atoms with Gasteiger partial charge >= 0.3 is 0 Å². The second-order valence-corrected chi connectivity index (χ2v) is 4.71. The third-order valence-electron chi connectivity index (χ3n) is 2.52. The van der Waals surface area contributed by atoms with E-state index in [1.807, 2.05) is 30.5 Å². The fourth-order valence-electron chi connectivity index (χ4n) is 1.56. The molecule has 1 heterocycles. The molecule has 0 spiro atoms. The van der Waals surface area contributed by atoms with Gasteiger partial charge in [0.25, 0.3) is 5.56 Å². The molecule has 0 saturated carbocycles. The Labute approximate surface area is 115 Å². The molecule has 0 bridgehead atoms. The van der Waals surface area contributed by atoms with Gasteiger partial charge in [-0.15, -0.1) is 11.8 Å². The van der Waals surface area contributed by atoms with Crippen LogP contribution in [0.1, 0.15) is 11.3 Å². The zero-order chi connectivity index (χ0) is 13.7. The molecule has 0 aliphatic rings. The zero-order valence-electron chi connectivity index (χ0n) is 10.7. The first kappa shape index (κ1) is 13.4. The lowest BCUT2D eigenvalue weighted by molar-refractivity contribution is 0.413. The number of aromatic nitrogens is 2. The molecule has 4 nitrogen and oxygen atoms in total. The summed E-state index contributed by atoms with van der Waals surface area (Å²) in [5.74, 6) is 0.820. The quantitative estimate of drug-likeness (QED) is 0.871. The number of benzene rings is 1. The Morgan fingerprint density at radius 3 is 2.74 bits per heavy atom. The van der Waals surface area contributed by atoms with Crippen LogP contribution >= 0.6 is 11.8 Å². The molecule has 0 atom stereocenters. The van der Waals surface area contributed by atoms with E-state index < -0.39 is 0 Å². The van der Waals surface area contributed by atoms with E-state index in [1.165, 1.54) is 6.07 Å². The molecule has 98 valence electrons. The Kier molecular flexibility index (Phi) is 4.41. The van der Waals surface area contributed by atoms with Crippen LogP contribution in [-0.4, -0.2) is 23.6 Å². The minimum Gasteiger partial charge on any atom is -0.497 e. The Morgan fingerprint density at radius 2 is 2.11 bits per heavy atom. The van der Waals surface area contributed by atoms with Crippen LogP contribution in [0.25, 0.3) is 12.2 Å². The molecule has 2 rings (SSSR count). The Morgan fingerprint density at radius 1 is 1.26 bits per heavy atom. The topological polar surface area (TPSA) is 55.0 Å². The van der Waals surface area contributed by atoms with Crippen molar-refractivity contribution in [2.75, 3.05) is 13.4 Å². The second-order valence-electron chi connectivity index (χ2n) is 3.83. The number of aromatic amines is 1. The number of hydrogen-bond acceptors (Lipinski definition) is 4. The molecule has 1 N–H and O–H groups in total. The number of nitrogens with zero attached hydrogens (tertiary/aromatic N) is 1. The molecular formula is C14H14N2O2S. The summed E-state index contributed by atoms with van der Waals surface area (Å²) >= 11 is 1.66. The molecule has 0 radical (unpaired) electrons. The fourth-order valence-corrected chi connectivity index (χ4v) is 2.04. The van der Waals surface area contributed by atoms with Crippen molar-refractivity contribution >= 4 is 23.9 Å². The maximum absolute atomic E-state index is 10.9. The van der Waals surface area contributed by atoms with Crippen molar-refractivity contribution in [3.8, 4) is 5.75 Å². The van der Waals surface area contributed by atoms with Crippen molar-refractivity contribution in [2.45, 2.75) is 4.90 Å². The van der Waals surface area contributed by atoms with Gasteiger partial charge in [0.15, 0.2) is 0 Å². The average Bonchev–Trinajstić information content (AvgIpc) is 2.46. The standard InChI is InChI=1S/C14H14N2O2S/c1-18-12-7-10(8-13(9-12)19-2)3-4-11-5-6-14(17)16-15-11/h3-9H,1-2H3,(H,16,17). The third-order valence-corrected chi connectivity index (χ3v) is 3.23. The van der Waals surface area contributed by atoms with Crippen LogP contribution in [0.2, 0.25) is 0 Å². The smallest absolute Gasteiger partial charge is 0.264 e. The van der Waals surface area contributed by atoms with Crippen LogP contribution < -0.4 is 10.3 Å². The Balaban J connectivity index is 2.26. The summed E-state index contributed by atoms with van der Waals surface area (Å²) < 4.78 is 5.25. The largest absolute Gasteiger partial charge is 0.497 e. The highest BCUT2D eigenvalue weighted by Crippen LogP contribution is 2.24. The van der Waals surface area contributed by atoms with Gasteiger partial charge in [0.05, 0.1) is 12.8 Å². The van der Waals surface area contributed by atoms with E-state index in [9.17, 15) is 4.79 Å². The SMILES string of the molecule is COc1cc(C=Cc2ccc(=O)[nH]n2)cc(SC)c1. The molecular weight excluding hydrogens is 260 g/mol. The number of H-pyrrole nitrogens is 1. The van der Waals surface area contributed by atoms with E-state index >= 15 is 0 Å². The average molecular weight is 274 g/mol. The molecule has 1 aromatic heterocycles. The summed E-state index contributed by atoms with van der Waals surface area (Å²) in [6, 6.07) is 9.12. The highest BCUT2D eigenvalue weighted by Gasteiger charge is 1.98. The first-order valence-electron chi connectivity index (χ1n) is 5.68. The summed E-state index contributed by atoms with van der Waals surface area (Å²) in [6.45, 7) is 0. The third kappa shape index (κ3) is 3.72. The van der Waals surface area contributed by atoms with Gasteiger partial charge in [0.1, 0.15) is 5.75 Å². The molecule has 1 aromatic carbocycles. The minimum atomic E-state index is -0.205. The lowest BCUT2D eigenvalue weighted by Crippen LogP contribution is -2.05. The maximum Gasteiger partial charge on any atom is 0.264 e. The molecule has 0 saturated heterocycles. The van der Waals surface area contributed by atoms with E-state index in [4.69, 9.17) is 4.74 Å². The Hall–Kier alpha value is -2.01. The summed E-state index contributed by atoms with van der Waals surface area (Å²) in [5.41, 5.74) is 1.52. The normalized spacial score (nSPS) is 10.8. The van der Waals surface area contributed by atoms with Gasteiger partial charge in [-0.1, -0.05) is 6.08 Å². The van der Waals surface area contributed by atoms with Crippen molar-refractivity contribution in [2.24, 2.45) is 0 Å². The van der Waals surface area contributed by atoms with Gasteiger partial charge in [-0.2, -0.15) is 5.10 Å². The van der Waals surface area contributed by atoms with Crippen molar-refractivity contribution in [1.82, 2.24) is 10.2 Å². The maximum atomic E-state index is 10.9. The van der Waals surface area contributed by atoms with Crippen molar-refractivity contribution in [3.05, 3.63) is 51.9 Å². The molecule has 0 amide bonds. The lowest BCUT2D eigenvalue weighted by Gasteiger charge is -2.04. The van der Waals surface area contributed by atoms with Gasteiger partial charge in [0.2, 0.25) is 0 Å². The monoisotopic (exact) mass is 274 g/mol. The van der Waals surface area contributed by atoms with E-state index in [0.717, 1.165) is 16.2 Å². The second kappa shape index (κ2) is 6.24. The Bertz CT molecular complexity index is 607. The number of nitrogens with one attached hydrogen (secondary N) is 1. The molecule has 5 heteroatoms. The van der Waals surface area contributed by atoms with Gasteiger partial charge in [-0.3, -0.25) is 4.79 Å². The number of methoxy groups -OCH3 is 1. The number of rotatable bonds is 4. The molecule has 2 aromatic rings. The van der Waals surface area contributed by atoms with Crippen LogP contribution in [0.5, 0.6) is 5.75 Å². The van der Waals surface area contributed by atoms with Crippen molar-refractivity contribution in [3.63, 3.8) is 0 Å². The zero-order valence-corrected chi connectivity index (χ0v) is 11.5. The van der Waals surface area contributed by atoms with Gasteiger partial charge in [0, 0.05) is 11.0 Å². The number of thioether (sulfide) groups is 1. The number of hydrogen-bond donors (Lipinski definition) is 1. The van der Waals surface area contributed by atoms with E-state index in [-0.39, 0.29) is 5.56 Å². The van der Waals surface area contributed by atoms with Crippen molar-refractivity contribution < 1.29 is 4.74 Å². The molecule has 0 aliphatic carbocycles. The predicted octanol–water partition coefficient (Wildman–Crippen LogP) is 2.67. The highest BCUT2D eigenvalue weighted by molar-refractivity contribution is 7.98. The molecule has 19 heavy (non-hydrogen) atoms. The first-order chi connectivity index (χ1) is 9.21. The van der Waals surface area contributed by atoms with E-state index in [1.54, 1.807) is 24.9 Å². The van der Waals surface area contributed by atoms with Gasteiger partial charge < -0.3 is 4.74 Å². The lowest BCUT2D eigenvalue weighted by atomic mass is 10.2. The van der Waals surface area contributed by atoms with Crippen LogP contribution in [0, 0.1) is 0 Å². The fraction of sp³-hybridized carbons (Fsp3) is 0.143. The van der Waals surface area contributed by atoms with Gasteiger partial charge in [-0.05, 0) is 42.2 Å². The van der Waals surface area contributed by atoms with Crippen LogP contribution in [-0.2, 0) is 0 Å². The minimum absolute atomic E-state index is 0.205. The predicted molar refractivity (Wildman–Crippen MR) is 78.6 cm³/mol. The molecule has 0 unspecified atom stereocenters. The number of ether oxygens (including phenoxy) is 1. The summed E-state index contributed by atoms with van der Waals surface area (Å²) in [6.07, 6.45) is 5.80. The first-order valence-corrected chi connectivity index (χ1v) is 6.90. The van der Waals surface area contributed by atoms with E-state index in [0.29, 0.717) is 5.69 Å². The summed E-state index contributed by atoms with van der Waals surface area (Å²) in [7, 11) is 1.65. The molecule has 0 fully saturated rings.